The van der Waals surface area contributed by atoms with Crippen LogP contribution in [0.2, 0.25) is 0 Å². The Bertz CT molecular complexity index is 66.1. The van der Waals surface area contributed by atoms with Crippen LogP contribution in [-0.2, 0) is 0 Å². The lowest BCUT2D eigenvalue weighted by atomic mass is 10.6. The summed E-state index contributed by atoms with van der Waals surface area (Å²) in [6, 6.07) is 0. The van der Waals surface area contributed by atoms with Crippen molar-refractivity contribution >= 4 is 8.07 Å². The maximum Gasteiger partial charge on any atom is 0.0143 e. The molecule has 0 atom stereocenters. The highest BCUT2D eigenvalue weighted by atomic mass is 31.1. The molecule has 0 amide bonds. The molecule has 3 heteroatoms. The smallest absolute Gasteiger partial charge is 0.0143 e. The van der Waals surface area contributed by atoms with Gasteiger partial charge in [0.05, 0.1) is 0 Å². The second-order valence-corrected chi connectivity index (χ2v) is 4.71. The molecule has 0 aromatic heterocycles. The fourth-order valence-electron chi connectivity index (χ4n) is 0.474. The number of likely N-dealkylation sites (N-methyl/N-ethyl adjacent to an activating group) is 2. The van der Waals surface area contributed by atoms with Crippen LogP contribution >= 0.6 is 8.07 Å². The van der Waals surface area contributed by atoms with Crippen LogP contribution < -0.4 is 5.32 Å². The maximum atomic E-state index is 3.12. The van der Waals surface area contributed by atoms with E-state index in [0.29, 0.717) is 0 Å². The Morgan fingerprint density at radius 3 is 2.33 bits per heavy atom. The van der Waals surface area contributed by atoms with Gasteiger partial charge < -0.3 is 5.32 Å². The third-order valence-corrected chi connectivity index (χ3v) is 2.93. The van der Waals surface area contributed by atoms with Gasteiger partial charge in [-0.15, -0.1) is 0 Å². The zero-order valence-corrected chi connectivity index (χ0v) is 7.70. The van der Waals surface area contributed by atoms with Crippen molar-refractivity contribution < 1.29 is 0 Å². The van der Waals surface area contributed by atoms with Crippen LogP contribution in [0.3, 0.4) is 0 Å². The van der Waals surface area contributed by atoms with Crippen molar-refractivity contribution in [2.75, 3.05) is 40.5 Å². The first kappa shape index (κ1) is 9.35. The Labute approximate surface area is 59.4 Å². The van der Waals surface area contributed by atoms with Gasteiger partial charge in [-0.25, -0.2) is 0 Å². The van der Waals surface area contributed by atoms with Crippen LogP contribution in [0.1, 0.15) is 0 Å². The second kappa shape index (κ2) is 5.16. The van der Waals surface area contributed by atoms with Crippen molar-refractivity contribution in [1.82, 2.24) is 9.99 Å². The van der Waals surface area contributed by atoms with Gasteiger partial charge in [0.1, 0.15) is 0 Å². The second-order valence-electron chi connectivity index (χ2n) is 2.33. The van der Waals surface area contributed by atoms with Crippen molar-refractivity contribution in [2.45, 2.75) is 0 Å². The fraction of sp³-hybridized carbons (Fsp3) is 1.00. The largest absolute Gasteiger partial charge is 0.318 e. The van der Waals surface area contributed by atoms with E-state index in [1.807, 2.05) is 7.05 Å². The van der Waals surface area contributed by atoms with E-state index in [1.165, 1.54) is 0 Å². The summed E-state index contributed by atoms with van der Waals surface area (Å²) in [4.78, 5) is 0. The molecule has 0 aromatic carbocycles. The molecule has 0 heterocycles. The monoisotopic (exact) mass is 148 g/mol. The third-order valence-electron chi connectivity index (χ3n) is 1.37. The van der Waals surface area contributed by atoms with Gasteiger partial charge in [-0.2, -0.15) is 0 Å². The third kappa shape index (κ3) is 4.83. The summed E-state index contributed by atoms with van der Waals surface area (Å²) in [5.74, 6) is 0. The lowest BCUT2D eigenvalue weighted by Crippen LogP contribution is -2.23. The number of nitrogens with one attached hydrogen (secondary N) is 1. The minimum atomic E-state index is 0.120. The highest BCUT2D eigenvalue weighted by Gasteiger charge is 1.99. The standard InChI is InChI=1S/C6H17N2P/c1-7-5-6-8(2)9(3)4/h7H,5-6H2,1-4H3. The molecule has 0 saturated heterocycles. The minimum Gasteiger partial charge on any atom is -0.318 e. The van der Waals surface area contributed by atoms with Crippen LogP contribution in [-0.4, -0.2) is 45.2 Å². The predicted molar refractivity (Wildman–Crippen MR) is 45.3 cm³/mol. The predicted octanol–water partition coefficient (Wildman–Crippen LogP) is 0.794. The van der Waals surface area contributed by atoms with Crippen molar-refractivity contribution in [2.24, 2.45) is 0 Å². The van der Waals surface area contributed by atoms with Crippen LogP contribution in [0.4, 0.5) is 0 Å². The Balaban J connectivity index is 3.16. The topological polar surface area (TPSA) is 15.3 Å². The first-order chi connectivity index (χ1) is 4.18. The van der Waals surface area contributed by atoms with Gasteiger partial charge in [0.2, 0.25) is 0 Å². The summed E-state index contributed by atoms with van der Waals surface area (Å²) >= 11 is 0. The highest BCUT2D eigenvalue weighted by molar-refractivity contribution is 7.53. The summed E-state index contributed by atoms with van der Waals surface area (Å²) in [5, 5.41) is 3.12. The van der Waals surface area contributed by atoms with Crippen LogP contribution in [0.5, 0.6) is 0 Å². The van der Waals surface area contributed by atoms with E-state index in [-0.39, 0.29) is 8.07 Å². The van der Waals surface area contributed by atoms with Crippen molar-refractivity contribution in [3.05, 3.63) is 0 Å². The van der Waals surface area contributed by atoms with E-state index in [0.717, 1.165) is 13.1 Å². The zero-order valence-electron chi connectivity index (χ0n) is 6.81. The molecule has 0 aromatic rings. The Morgan fingerprint density at radius 2 is 2.00 bits per heavy atom. The zero-order chi connectivity index (χ0) is 7.28. The highest BCUT2D eigenvalue weighted by Crippen LogP contribution is 2.27. The van der Waals surface area contributed by atoms with E-state index < -0.39 is 0 Å². The molecule has 0 radical (unpaired) electrons. The summed E-state index contributed by atoms with van der Waals surface area (Å²) in [7, 11) is 4.28. The molecule has 0 saturated carbocycles. The molecule has 0 aliphatic heterocycles. The van der Waals surface area contributed by atoms with Crippen molar-refractivity contribution in [3.63, 3.8) is 0 Å². The van der Waals surface area contributed by atoms with Gasteiger partial charge in [0.25, 0.3) is 0 Å². The molecule has 0 aliphatic carbocycles. The van der Waals surface area contributed by atoms with Gasteiger partial charge in [0, 0.05) is 13.1 Å². The lowest BCUT2D eigenvalue weighted by Gasteiger charge is -2.20. The molecule has 0 bridgehead atoms. The summed E-state index contributed by atoms with van der Waals surface area (Å²) in [6.07, 6.45) is 0. The number of hydrogen-bond donors (Lipinski definition) is 1. The molecular formula is C6H17N2P. The van der Waals surface area contributed by atoms with Gasteiger partial charge in [-0.05, 0) is 35.5 Å². The van der Waals surface area contributed by atoms with Crippen molar-refractivity contribution in [1.29, 1.82) is 0 Å². The first-order valence-corrected chi connectivity index (χ1v) is 5.40. The van der Waals surface area contributed by atoms with Crippen LogP contribution in [0.25, 0.3) is 0 Å². The van der Waals surface area contributed by atoms with Gasteiger partial charge in [-0.1, -0.05) is 0 Å². The molecule has 0 rings (SSSR count). The summed E-state index contributed by atoms with van der Waals surface area (Å²) in [5.41, 5.74) is 0. The molecule has 0 spiro atoms. The maximum absolute atomic E-state index is 3.12. The van der Waals surface area contributed by atoms with Crippen molar-refractivity contribution in [3.8, 4) is 0 Å². The minimum absolute atomic E-state index is 0.120. The lowest BCUT2D eigenvalue weighted by molar-refractivity contribution is 0.536. The molecule has 0 unspecified atom stereocenters. The molecule has 2 nitrogen and oxygen atoms in total. The molecular weight excluding hydrogens is 131 g/mol. The van der Waals surface area contributed by atoms with Crippen LogP contribution in [0.15, 0.2) is 0 Å². The molecule has 56 valence electrons. The average Bonchev–Trinajstić information content (AvgIpc) is 1.82. The molecule has 0 aliphatic rings. The average molecular weight is 148 g/mol. The van der Waals surface area contributed by atoms with Crippen LogP contribution in [0, 0.1) is 0 Å². The van der Waals surface area contributed by atoms with E-state index in [4.69, 9.17) is 0 Å². The van der Waals surface area contributed by atoms with Gasteiger partial charge in [-0.3, -0.25) is 4.67 Å². The molecule has 0 fully saturated rings. The van der Waals surface area contributed by atoms with E-state index in [9.17, 15) is 0 Å². The van der Waals surface area contributed by atoms with Gasteiger partial charge >= 0.3 is 0 Å². The Morgan fingerprint density at radius 1 is 1.44 bits per heavy atom. The van der Waals surface area contributed by atoms with E-state index in [2.05, 4.69) is 30.4 Å². The fourth-order valence-corrected chi connectivity index (χ4v) is 0.974. The molecule has 1 N–H and O–H groups in total. The SMILES string of the molecule is CNCCN(C)P(C)C. The van der Waals surface area contributed by atoms with Gasteiger partial charge in [0.15, 0.2) is 0 Å². The summed E-state index contributed by atoms with van der Waals surface area (Å²) < 4.78 is 2.38. The number of rotatable bonds is 4. The van der Waals surface area contributed by atoms with E-state index in [1.54, 1.807) is 0 Å². The summed E-state index contributed by atoms with van der Waals surface area (Å²) in [6.45, 7) is 6.79. The molecule has 9 heavy (non-hydrogen) atoms. The Hall–Kier alpha value is 0.350. The number of hydrogen-bond acceptors (Lipinski definition) is 2. The normalized spacial score (nSPS) is 11.3. The first-order valence-electron chi connectivity index (χ1n) is 3.21. The number of nitrogens with zero attached hydrogens (tertiary/aromatic N) is 1. The Kier molecular flexibility index (Phi) is 5.36. The van der Waals surface area contributed by atoms with E-state index >= 15 is 0 Å². The quantitative estimate of drug-likeness (QED) is 0.593.